The van der Waals surface area contributed by atoms with Crippen LogP contribution in [0.15, 0.2) is 18.2 Å². The molecule has 20 heavy (non-hydrogen) atoms. The number of nitrogens with one attached hydrogen (secondary N) is 1. The van der Waals surface area contributed by atoms with Crippen LogP contribution >= 0.6 is 0 Å². The first kappa shape index (κ1) is 14.5. The molecule has 0 saturated carbocycles. The van der Waals surface area contributed by atoms with Crippen molar-refractivity contribution in [3.8, 4) is 0 Å². The van der Waals surface area contributed by atoms with Crippen LogP contribution in [0, 0.1) is 6.92 Å². The molecule has 0 radical (unpaired) electrons. The third kappa shape index (κ3) is 2.99. The molecule has 2 rings (SSSR count). The molecule has 2 aromatic rings. The van der Waals surface area contributed by atoms with Crippen molar-refractivity contribution in [2.75, 3.05) is 13.7 Å². The smallest absolute Gasteiger partial charge is 0.223 e. The fourth-order valence-corrected chi connectivity index (χ4v) is 2.11. The Labute approximate surface area is 118 Å². The van der Waals surface area contributed by atoms with Crippen molar-refractivity contribution in [3.63, 3.8) is 0 Å². The van der Waals surface area contributed by atoms with Crippen LogP contribution in [0.1, 0.15) is 24.7 Å². The molecule has 5 heteroatoms. The van der Waals surface area contributed by atoms with Crippen molar-refractivity contribution in [3.05, 3.63) is 29.6 Å². The average molecular weight is 275 g/mol. The summed E-state index contributed by atoms with van der Waals surface area (Å²) in [5, 5.41) is 9.05. The molecule has 5 nitrogen and oxygen atoms in total. The highest BCUT2D eigenvalue weighted by molar-refractivity contribution is 5.79. The number of aryl methyl sites for hydroxylation is 2. The number of aromatic nitrogens is 2. The maximum Gasteiger partial charge on any atom is 0.223 e. The lowest BCUT2D eigenvalue weighted by Gasteiger charge is -2.22. The lowest BCUT2D eigenvalue weighted by atomic mass is 10.2. The number of hydrogen-bond acceptors (Lipinski definition) is 3. The molecule has 0 saturated heterocycles. The van der Waals surface area contributed by atoms with Gasteiger partial charge in [-0.25, -0.2) is 4.98 Å². The minimum Gasteiger partial charge on any atom is -0.394 e. The van der Waals surface area contributed by atoms with Gasteiger partial charge in [0.05, 0.1) is 23.7 Å². The van der Waals surface area contributed by atoms with Gasteiger partial charge < -0.3 is 15.0 Å². The summed E-state index contributed by atoms with van der Waals surface area (Å²) in [5.41, 5.74) is 3.10. The first-order valence-corrected chi connectivity index (χ1v) is 6.83. The molecule has 0 aliphatic carbocycles. The van der Waals surface area contributed by atoms with E-state index >= 15 is 0 Å². The Morgan fingerprint density at radius 2 is 2.25 bits per heavy atom. The van der Waals surface area contributed by atoms with Crippen LogP contribution < -0.4 is 0 Å². The highest BCUT2D eigenvalue weighted by Crippen LogP contribution is 2.16. The first-order chi connectivity index (χ1) is 9.52. The molecule has 0 spiro atoms. The Morgan fingerprint density at radius 3 is 2.90 bits per heavy atom. The quantitative estimate of drug-likeness (QED) is 0.871. The number of nitrogens with zero attached hydrogens (tertiary/aromatic N) is 2. The fraction of sp³-hybridized carbons (Fsp3) is 0.467. The predicted molar refractivity (Wildman–Crippen MR) is 78.5 cm³/mol. The number of aromatic amines is 1. The number of aliphatic hydroxyl groups is 1. The van der Waals surface area contributed by atoms with Crippen molar-refractivity contribution < 1.29 is 9.90 Å². The number of carbonyl (C=O) groups is 1. The second-order valence-electron chi connectivity index (χ2n) is 5.19. The van der Waals surface area contributed by atoms with Gasteiger partial charge in [-0.2, -0.15) is 0 Å². The minimum absolute atomic E-state index is 0.0173. The van der Waals surface area contributed by atoms with Gasteiger partial charge in [0.15, 0.2) is 0 Å². The van der Waals surface area contributed by atoms with E-state index in [1.807, 2.05) is 32.0 Å². The molecule has 0 aliphatic rings. The Balaban J connectivity index is 2.02. The van der Waals surface area contributed by atoms with Crippen LogP contribution in [-0.4, -0.2) is 45.6 Å². The number of aliphatic hydroxyl groups excluding tert-OH is 1. The molecule has 0 bridgehead atoms. The summed E-state index contributed by atoms with van der Waals surface area (Å²) in [6, 6.07) is 5.84. The number of carbonyl (C=O) groups excluding carboxylic acids is 1. The van der Waals surface area contributed by atoms with E-state index < -0.39 is 0 Å². The van der Waals surface area contributed by atoms with E-state index in [4.69, 9.17) is 5.11 Å². The summed E-state index contributed by atoms with van der Waals surface area (Å²) < 4.78 is 0. The number of imidazole rings is 1. The summed E-state index contributed by atoms with van der Waals surface area (Å²) in [4.78, 5) is 21.3. The summed E-state index contributed by atoms with van der Waals surface area (Å²) in [7, 11) is 1.71. The highest BCUT2D eigenvalue weighted by atomic mass is 16.3. The molecule has 1 amide bonds. The zero-order valence-electron chi connectivity index (χ0n) is 12.2. The monoisotopic (exact) mass is 275 g/mol. The highest BCUT2D eigenvalue weighted by Gasteiger charge is 2.15. The topological polar surface area (TPSA) is 69.2 Å². The third-order valence-electron chi connectivity index (χ3n) is 3.66. The molecule has 2 N–H and O–H groups in total. The van der Waals surface area contributed by atoms with E-state index in [1.54, 1.807) is 11.9 Å². The van der Waals surface area contributed by atoms with Crippen molar-refractivity contribution in [1.82, 2.24) is 14.9 Å². The summed E-state index contributed by atoms with van der Waals surface area (Å²) in [6.07, 6.45) is 0.967. The van der Waals surface area contributed by atoms with Gasteiger partial charge >= 0.3 is 0 Å². The largest absolute Gasteiger partial charge is 0.394 e. The zero-order valence-corrected chi connectivity index (χ0v) is 12.2. The number of para-hydroxylation sites is 1. The summed E-state index contributed by atoms with van der Waals surface area (Å²) in [5.74, 6) is 0.844. The van der Waals surface area contributed by atoms with Gasteiger partial charge in [0.1, 0.15) is 5.82 Å². The van der Waals surface area contributed by atoms with E-state index in [2.05, 4.69) is 9.97 Å². The van der Waals surface area contributed by atoms with Crippen molar-refractivity contribution in [1.29, 1.82) is 0 Å². The number of amides is 1. The zero-order chi connectivity index (χ0) is 14.7. The van der Waals surface area contributed by atoms with Crippen molar-refractivity contribution in [2.24, 2.45) is 0 Å². The van der Waals surface area contributed by atoms with Crippen LogP contribution in [-0.2, 0) is 11.2 Å². The number of rotatable bonds is 5. The Bertz CT molecular complexity index is 606. The lowest BCUT2D eigenvalue weighted by Crippen LogP contribution is -2.37. The van der Waals surface area contributed by atoms with Gasteiger partial charge in [-0.15, -0.1) is 0 Å². The standard InChI is InChI=1S/C15H21N3O2/c1-10-5-4-6-12-15(10)17-13(16-12)7-8-14(20)18(3)11(2)9-19/h4-6,11,19H,7-9H2,1-3H3,(H,16,17). The molecule has 1 aromatic carbocycles. The molecule has 1 aromatic heterocycles. The second kappa shape index (κ2) is 6.05. The van der Waals surface area contributed by atoms with E-state index in [-0.39, 0.29) is 18.6 Å². The van der Waals surface area contributed by atoms with Gasteiger partial charge in [-0.05, 0) is 25.5 Å². The molecule has 108 valence electrons. The van der Waals surface area contributed by atoms with Gasteiger partial charge in [-0.3, -0.25) is 4.79 Å². The summed E-state index contributed by atoms with van der Waals surface area (Å²) >= 11 is 0. The molecule has 1 unspecified atom stereocenters. The van der Waals surface area contributed by atoms with Gasteiger partial charge in [0, 0.05) is 19.9 Å². The van der Waals surface area contributed by atoms with E-state index in [9.17, 15) is 4.79 Å². The second-order valence-corrected chi connectivity index (χ2v) is 5.19. The van der Waals surface area contributed by atoms with Crippen LogP contribution in [0.2, 0.25) is 0 Å². The third-order valence-corrected chi connectivity index (χ3v) is 3.66. The number of likely N-dealkylation sites (N-methyl/N-ethyl adjacent to an activating group) is 1. The molecule has 0 fully saturated rings. The Hall–Kier alpha value is -1.88. The lowest BCUT2D eigenvalue weighted by molar-refractivity contribution is -0.132. The SMILES string of the molecule is Cc1cccc2[nH]c(CCC(=O)N(C)C(C)CO)nc12. The Morgan fingerprint density at radius 1 is 1.50 bits per heavy atom. The van der Waals surface area contributed by atoms with E-state index in [1.165, 1.54) is 0 Å². The van der Waals surface area contributed by atoms with Gasteiger partial charge in [0.25, 0.3) is 0 Å². The van der Waals surface area contributed by atoms with Crippen LogP contribution in [0.4, 0.5) is 0 Å². The van der Waals surface area contributed by atoms with E-state index in [0.717, 1.165) is 22.4 Å². The summed E-state index contributed by atoms with van der Waals surface area (Å²) in [6.45, 7) is 3.82. The fourth-order valence-electron chi connectivity index (χ4n) is 2.11. The first-order valence-electron chi connectivity index (χ1n) is 6.83. The molecular weight excluding hydrogens is 254 g/mol. The van der Waals surface area contributed by atoms with Gasteiger partial charge in [-0.1, -0.05) is 12.1 Å². The predicted octanol–water partition coefficient (Wildman–Crippen LogP) is 1.64. The van der Waals surface area contributed by atoms with Crippen LogP contribution in [0.3, 0.4) is 0 Å². The normalized spacial score (nSPS) is 12.6. The van der Waals surface area contributed by atoms with E-state index in [0.29, 0.717) is 12.8 Å². The number of H-pyrrole nitrogens is 1. The average Bonchev–Trinajstić information content (AvgIpc) is 2.87. The van der Waals surface area contributed by atoms with Crippen molar-refractivity contribution >= 4 is 16.9 Å². The number of fused-ring (bicyclic) bond motifs is 1. The van der Waals surface area contributed by atoms with Crippen molar-refractivity contribution in [2.45, 2.75) is 32.7 Å². The maximum atomic E-state index is 12.0. The molecule has 1 heterocycles. The Kier molecular flexibility index (Phi) is 4.39. The van der Waals surface area contributed by atoms with Gasteiger partial charge in [0.2, 0.25) is 5.91 Å². The number of hydrogen-bond donors (Lipinski definition) is 2. The molecular formula is C15H21N3O2. The maximum absolute atomic E-state index is 12.0. The van der Waals surface area contributed by atoms with Crippen LogP contribution in [0.25, 0.3) is 11.0 Å². The minimum atomic E-state index is -0.152. The van der Waals surface area contributed by atoms with Crippen LogP contribution in [0.5, 0.6) is 0 Å². The number of benzene rings is 1. The molecule has 0 aliphatic heterocycles. The molecule has 1 atom stereocenters.